The molecule has 0 radical (unpaired) electrons. The largest absolute Gasteiger partial charge is 0.497 e. The highest BCUT2D eigenvalue weighted by atomic mass is 16.5. The first kappa shape index (κ1) is 21.9. The van der Waals surface area contributed by atoms with Gasteiger partial charge in [0.25, 0.3) is 5.91 Å². The monoisotopic (exact) mass is 399 g/mol. The molecule has 0 aliphatic rings. The Hall–Kier alpha value is -3.35. The first-order valence-corrected chi connectivity index (χ1v) is 9.06. The lowest BCUT2D eigenvalue weighted by molar-refractivity contribution is -0.129. The van der Waals surface area contributed by atoms with Gasteiger partial charge in [-0.15, -0.1) is 0 Å². The van der Waals surface area contributed by atoms with E-state index in [0.717, 1.165) is 0 Å². The van der Waals surface area contributed by atoms with Crippen molar-refractivity contribution < 1.29 is 28.6 Å². The highest BCUT2D eigenvalue weighted by Gasteiger charge is 2.22. The first-order chi connectivity index (χ1) is 13.7. The molecular weight excluding hydrogens is 374 g/mol. The van der Waals surface area contributed by atoms with Crippen LogP contribution in [0.2, 0.25) is 0 Å². The van der Waals surface area contributed by atoms with E-state index in [0.29, 0.717) is 22.7 Å². The second-order valence-electron chi connectivity index (χ2n) is 7.34. The lowest BCUT2D eigenvalue weighted by Gasteiger charge is -2.16. The quantitative estimate of drug-likeness (QED) is 0.684. The van der Waals surface area contributed by atoms with Crippen molar-refractivity contribution in [3.05, 3.63) is 54.1 Å². The molecule has 0 saturated heterocycles. The van der Waals surface area contributed by atoms with Crippen LogP contribution in [-0.2, 0) is 14.3 Å². The molecular formula is C22H25NO6. The highest BCUT2D eigenvalue weighted by Crippen LogP contribution is 2.18. The predicted molar refractivity (Wildman–Crippen MR) is 108 cm³/mol. The Bertz CT molecular complexity index is 868. The molecule has 2 rings (SSSR count). The third kappa shape index (κ3) is 6.95. The average Bonchev–Trinajstić information content (AvgIpc) is 2.70. The van der Waals surface area contributed by atoms with Crippen LogP contribution in [0.15, 0.2) is 48.5 Å². The van der Waals surface area contributed by atoms with Crippen LogP contribution in [0.25, 0.3) is 0 Å². The van der Waals surface area contributed by atoms with Crippen molar-refractivity contribution in [1.29, 1.82) is 0 Å². The molecule has 0 atom stereocenters. The van der Waals surface area contributed by atoms with E-state index in [9.17, 15) is 14.4 Å². The van der Waals surface area contributed by atoms with E-state index in [1.165, 1.54) is 12.1 Å². The van der Waals surface area contributed by atoms with Crippen molar-refractivity contribution in [3.63, 3.8) is 0 Å². The third-order valence-corrected chi connectivity index (χ3v) is 3.98. The van der Waals surface area contributed by atoms with E-state index in [2.05, 4.69) is 5.32 Å². The van der Waals surface area contributed by atoms with Crippen molar-refractivity contribution >= 4 is 23.3 Å². The SMILES string of the molecule is COc1cccc(NC(=O)COc2ccc(C(=O)OCC(=O)C(C)(C)C)cc2)c1. The molecule has 0 aliphatic carbocycles. The maximum absolute atomic E-state index is 12.0. The maximum Gasteiger partial charge on any atom is 0.338 e. The number of amides is 1. The topological polar surface area (TPSA) is 90.9 Å². The number of carbonyl (C=O) groups excluding carboxylic acids is 3. The second kappa shape index (κ2) is 9.73. The summed E-state index contributed by atoms with van der Waals surface area (Å²) < 4.78 is 15.6. The van der Waals surface area contributed by atoms with Gasteiger partial charge in [-0.25, -0.2) is 4.79 Å². The van der Waals surface area contributed by atoms with Gasteiger partial charge in [0.15, 0.2) is 19.0 Å². The van der Waals surface area contributed by atoms with E-state index < -0.39 is 11.4 Å². The number of rotatable bonds is 8. The average molecular weight is 399 g/mol. The number of esters is 1. The number of ketones is 1. The Balaban J connectivity index is 1.83. The van der Waals surface area contributed by atoms with Gasteiger partial charge in [0, 0.05) is 17.2 Å². The molecule has 1 amide bonds. The van der Waals surface area contributed by atoms with Crippen molar-refractivity contribution in [1.82, 2.24) is 0 Å². The molecule has 2 aromatic carbocycles. The van der Waals surface area contributed by atoms with E-state index >= 15 is 0 Å². The fraction of sp³-hybridized carbons (Fsp3) is 0.318. The van der Waals surface area contributed by atoms with Crippen molar-refractivity contribution in [2.45, 2.75) is 20.8 Å². The fourth-order valence-corrected chi connectivity index (χ4v) is 2.16. The molecule has 0 saturated carbocycles. The number of Topliss-reactive ketones (excluding diaryl/α,β-unsaturated/α-hetero) is 1. The zero-order valence-corrected chi connectivity index (χ0v) is 17.0. The van der Waals surface area contributed by atoms with E-state index in [1.807, 2.05) is 0 Å². The van der Waals surface area contributed by atoms with Crippen molar-refractivity contribution in [3.8, 4) is 11.5 Å². The van der Waals surface area contributed by atoms with Gasteiger partial charge >= 0.3 is 5.97 Å². The zero-order chi connectivity index (χ0) is 21.4. The minimum absolute atomic E-state index is 0.159. The first-order valence-electron chi connectivity index (χ1n) is 9.06. The number of methoxy groups -OCH3 is 1. The number of hydrogen-bond donors (Lipinski definition) is 1. The van der Waals surface area contributed by atoms with Crippen LogP contribution < -0.4 is 14.8 Å². The normalized spacial score (nSPS) is 10.8. The van der Waals surface area contributed by atoms with Gasteiger partial charge < -0.3 is 19.5 Å². The molecule has 0 aromatic heterocycles. The molecule has 0 spiro atoms. The summed E-state index contributed by atoms with van der Waals surface area (Å²) in [6.45, 7) is 4.82. The van der Waals surface area contributed by atoms with E-state index in [1.54, 1.807) is 64.3 Å². The minimum atomic E-state index is -0.593. The number of hydrogen-bond acceptors (Lipinski definition) is 6. The second-order valence-corrected chi connectivity index (χ2v) is 7.34. The summed E-state index contributed by atoms with van der Waals surface area (Å²) >= 11 is 0. The third-order valence-electron chi connectivity index (χ3n) is 3.98. The summed E-state index contributed by atoms with van der Waals surface area (Å²) in [4.78, 5) is 35.9. The lowest BCUT2D eigenvalue weighted by atomic mass is 9.91. The van der Waals surface area contributed by atoms with Gasteiger partial charge in [-0.3, -0.25) is 9.59 Å². The molecule has 0 aliphatic heterocycles. The van der Waals surface area contributed by atoms with Gasteiger partial charge in [-0.2, -0.15) is 0 Å². The number of anilines is 1. The van der Waals surface area contributed by atoms with Gasteiger partial charge in [-0.1, -0.05) is 26.8 Å². The summed E-state index contributed by atoms with van der Waals surface area (Å²) in [5.74, 6) is -0.0243. The standard InChI is InChI=1S/C22H25NO6/c1-22(2,3)19(24)13-29-21(26)15-8-10-17(11-9-15)28-14-20(25)23-16-6-5-7-18(12-16)27-4/h5-12H,13-14H2,1-4H3,(H,23,25). The molecule has 0 unspecified atom stereocenters. The van der Waals surface area contributed by atoms with Crippen LogP contribution in [0.5, 0.6) is 11.5 Å². The van der Waals surface area contributed by atoms with Gasteiger partial charge in [0.05, 0.1) is 12.7 Å². The predicted octanol–water partition coefficient (Wildman–Crippen LogP) is 3.48. The summed E-state index contributed by atoms with van der Waals surface area (Å²) in [6.07, 6.45) is 0. The Morgan fingerprint density at radius 2 is 1.62 bits per heavy atom. The van der Waals surface area contributed by atoms with Crippen LogP contribution >= 0.6 is 0 Å². The van der Waals surface area contributed by atoms with Crippen molar-refractivity contribution in [2.75, 3.05) is 25.6 Å². The molecule has 0 heterocycles. The van der Waals surface area contributed by atoms with Crippen LogP contribution in [0.3, 0.4) is 0 Å². The Labute approximate surface area is 170 Å². The van der Waals surface area contributed by atoms with Gasteiger partial charge in [-0.05, 0) is 36.4 Å². The summed E-state index contributed by atoms with van der Waals surface area (Å²) in [7, 11) is 1.55. The molecule has 154 valence electrons. The molecule has 2 aromatic rings. The van der Waals surface area contributed by atoms with Crippen molar-refractivity contribution in [2.24, 2.45) is 5.41 Å². The minimum Gasteiger partial charge on any atom is -0.497 e. The van der Waals surface area contributed by atoms with E-state index in [-0.39, 0.29) is 24.9 Å². The summed E-state index contributed by atoms with van der Waals surface area (Å²) in [6, 6.07) is 13.1. The van der Waals surface area contributed by atoms with Crippen LogP contribution in [0, 0.1) is 5.41 Å². The van der Waals surface area contributed by atoms with Crippen LogP contribution in [-0.4, -0.2) is 38.0 Å². The van der Waals surface area contributed by atoms with Crippen LogP contribution in [0.1, 0.15) is 31.1 Å². The highest BCUT2D eigenvalue weighted by molar-refractivity contribution is 5.93. The van der Waals surface area contributed by atoms with E-state index in [4.69, 9.17) is 14.2 Å². The molecule has 1 N–H and O–H groups in total. The molecule has 7 heteroatoms. The summed E-state index contributed by atoms with van der Waals surface area (Å²) in [5.41, 5.74) is 0.324. The molecule has 0 bridgehead atoms. The fourth-order valence-electron chi connectivity index (χ4n) is 2.16. The van der Waals surface area contributed by atoms with Crippen LogP contribution in [0.4, 0.5) is 5.69 Å². The number of carbonyl (C=O) groups is 3. The smallest absolute Gasteiger partial charge is 0.338 e. The molecule has 29 heavy (non-hydrogen) atoms. The maximum atomic E-state index is 12.0. The lowest BCUT2D eigenvalue weighted by Crippen LogP contribution is -2.26. The number of benzene rings is 2. The molecule has 0 fully saturated rings. The Morgan fingerprint density at radius 1 is 0.931 bits per heavy atom. The van der Waals surface area contributed by atoms with Gasteiger partial charge in [0.2, 0.25) is 0 Å². The Morgan fingerprint density at radius 3 is 2.24 bits per heavy atom. The summed E-state index contributed by atoms with van der Waals surface area (Å²) in [5, 5.41) is 2.71. The Kier molecular flexibility index (Phi) is 7.36. The van der Waals surface area contributed by atoms with Gasteiger partial charge in [0.1, 0.15) is 11.5 Å². The number of nitrogens with one attached hydrogen (secondary N) is 1. The molecule has 7 nitrogen and oxygen atoms in total. The zero-order valence-electron chi connectivity index (χ0n) is 17.0. The number of ether oxygens (including phenoxy) is 3.